The number of halogens is 1. The number of benzene rings is 1. The Hall–Kier alpha value is -1.09. The zero-order chi connectivity index (χ0) is 13.1. The van der Waals surface area contributed by atoms with Gasteiger partial charge in [-0.15, -0.1) is 0 Å². The van der Waals surface area contributed by atoms with Gasteiger partial charge in [0.05, 0.1) is 0 Å². The van der Waals surface area contributed by atoms with Crippen molar-refractivity contribution in [2.75, 3.05) is 18.5 Å². The zero-order valence-electron chi connectivity index (χ0n) is 11.5. The largest absolute Gasteiger partial charge is 0.368 e. The summed E-state index contributed by atoms with van der Waals surface area (Å²) in [7, 11) is 1.92. The van der Waals surface area contributed by atoms with Crippen LogP contribution in [0.2, 0.25) is 0 Å². The lowest BCUT2D eigenvalue weighted by molar-refractivity contribution is 0.605. The maximum absolute atomic E-state index is 13.5. The summed E-state index contributed by atoms with van der Waals surface area (Å²) in [6, 6.07) is 6.02. The number of hydrogen-bond donors (Lipinski definition) is 1. The molecular formula is C15H23FN2. The van der Waals surface area contributed by atoms with Crippen LogP contribution in [0.5, 0.6) is 0 Å². The van der Waals surface area contributed by atoms with Crippen molar-refractivity contribution >= 4 is 5.69 Å². The van der Waals surface area contributed by atoms with Crippen LogP contribution < -0.4 is 10.2 Å². The van der Waals surface area contributed by atoms with Gasteiger partial charge in [-0.05, 0) is 57.0 Å². The summed E-state index contributed by atoms with van der Waals surface area (Å²) < 4.78 is 13.5. The van der Waals surface area contributed by atoms with Crippen LogP contribution in [0, 0.1) is 5.82 Å². The molecule has 1 aliphatic carbocycles. The van der Waals surface area contributed by atoms with Crippen molar-refractivity contribution in [2.45, 2.75) is 45.2 Å². The van der Waals surface area contributed by atoms with Gasteiger partial charge in [-0.2, -0.15) is 0 Å². The average Bonchev–Trinajstić information content (AvgIpc) is 3.19. The van der Waals surface area contributed by atoms with Crippen molar-refractivity contribution in [1.82, 2.24) is 5.32 Å². The fraction of sp³-hybridized carbons (Fsp3) is 0.600. The van der Waals surface area contributed by atoms with E-state index in [9.17, 15) is 4.39 Å². The first-order valence-corrected chi connectivity index (χ1v) is 6.90. The highest BCUT2D eigenvalue weighted by Crippen LogP contribution is 2.36. The molecule has 18 heavy (non-hydrogen) atoms. The first kappa shape index (κ1) is 13.3. The molecule has 0 saturated heterocycles. The molecule has 0 aromatic heterocycles. The van der Waals surface area contributed by atoms with Gasteiger partial charge in [-0.1, -0.05) is 6.92 Å². The molecule has 1 unspecified atom stereocenters. The third kappa shape index (κ3) is 2.83. The maximum atomic E-state index is 13.5. The van der Waals surface area contributed by atoms with Crippen LogP contribution in [0.15, 0.2) is 18.2 Å². The van der Waals surface area contributed by atoms with Crippen molar-refractivity contribution < 1.29 is 4.39 Å². The molecule has 0 bridgehead atoms. The van der Waals surface area contributed by atoms with Crippen molar-refractivity contribution in [2.24, 2.45) is 0 Å². The van der Waals surface area contributed by atoms with Crippen LogP contribution in [0.4, 0.5) is 10.1 Å². The minimum Gasteiger partial charge on any atom is -0.368 e. The molecule has 1 atom stereocenters. The maximum Gasteiger partial charge on any atom is 0.123 e. The molecule has 0 amide bonds. The Morgan fingerprint density at radius 3 is 2.72 bits per heavy atom. The van der Waals surface area contributed by atoms with Gasteiger partial charge < -0.3 is 10.2 Å². The number of nitrogens with one attached hydrogen (secondary N) is 1. The van der Waals surface area contributed by atoms with E-state index in [0.29, 0.717) is 6.04 Å². The van der Waals surface area contributed by atoms with Crippen molar-refractivity contribution in [3.8, 4) is 0 Å². The molecule has 1 fully saturated rings. The van der Waals surface area contributed by atoms with Gasteiger partial charge in [0.1, 0.15) is 5.82 Å². The molecule has 0 heterocycles. The summed E-state index contributed by atoms with van der Waals surface area (Å²) in [6.07, 6.45) is 3.66. The highest BCUT2D eigenvalue weighted by atomic mass is 19.1. The summed E-state index contributed by atoms with van der Waals surface area (Å²) in [4.78, 5) is 2.45. The third-order valence-electron chi connectivity index (χ3n) is 3.65. The first-order valence-electron chi connectivity index (χ1n) is 6.90. The van der Waals surface area contributed by atoms with E-state index in [1.807, 2.05) is 13.1 Å². The smallest absolute Gasteiger partial charge is 0.123 e. The van der Waals surface area contributed by atoms with Crippen LogP contribution in [-0.2, 0) is 0 Å². The van der Waals surface area contributed by atoms with E-state index in [0.717, 1.165) is 18.5 Å². The standard InChI is InChI=1S/C15H23FN2/c1-4-9-18(13-6-7-13)15-8-5-12(16)10-14(15)11(2)17-3/h5,8,10-11,13,17H,4,6-7,9H2,1-3H3. The monoisotopic (exact) mass is 250 g/mol. The fourth-order valence-electron chi connectivity index (χ4n) is 2.42. The third-order valence-corrected chi connectivity index (χ3v) is 3.65. The predicted molar refractivity (Wildman–Crippen MR) is 74.5 cm³/mol. The summed E-state index contributed by atoms with van der Waals surface area (Å²) in [6.45, 7) is 5.33. The van der Waals surface area contributed by atoms with Gasteiger partial charge in [-0.3, -0.25) is 0 Å². The van der Waals surface area contributed by atoms with Crippen molar-refractivity contribution in [3.63, 3.8) is 0 Å². The second-order valence-electron chi connectivity index (χ2n) is 5.14. The molecule has 1 N–H and O–H groups in total. The van der Waals surface area contributed by atoms with Gasteiger partial charge in [-0.25, -0.2) is 4.39 Å². The lowest BCUT2D eigenvalue weighted by Gasteiger charge is -2.28. The number of nitrogens with zero attached hydrogens (tertiary/aromatic N) is 1. The zero-order valence-corrected chi connectivity index (χ0v) is 11.5. The van der Waals surface area contributed by atoms with E-state index < -0.39 is 0 Å². The Morgan fingerprint density at radius 2 is 2.17 bits per heavy atom. The highest BCUT2D eigenvalue weighted by Gasteiger charge is 2.30. The van der Waals surface area contributed by atoms with E-state index in [-0.39, 0.29) is 11.9 Å². The Balaban J connectivity index is 2.34. The summed E-state index contributed by atoms with van der Waals surface area (Å²) in [5.41, 5.74) is 2.26. The van der Waals surface area contributed by atoms with Crippen LogP contribution in [0.3, 0.4) is 0 Å². The van der Waals surface area contributed by atoms with E-state index in [1.165, 1.54) is 18.5 Å². The average molecular weight is 250 g/mol. The van der Waals surface area contributed by atoms with Gasteiger partial charge in [0.15, 0.2) is 0 Å². The number of rotatable bonds is 6. The molecule has 1 aromatic rings. The van der Waals surface area contributed by atoms with E-state index in [2.05, 4.69) is 24.1 Å². The highest BCUT2D eigenvalue weighted by molar-refractivity contribution is 5.56. The van der Waals surface area contributed by atoms with Crippen LogP contribution in [0.1, 0.15) is 44.7 Å². The van der Waals surface area contributed by atoms with Crippen molar-refractivity contribution in [3.05, 3.63) is 29.6 Å². The molecule has 3 heteroatoms. The molecule has 1 saturated carbocycles. The van der Waals surface area contributed by atoms with Crippen LogP contribution >= 0.6 is 0 Å². The quantitative estimate of drug-likeness (QED) is 0.831. The minimum atomic E-state index is -0.150. The molecule has 2 rings (SSSR count). The number of anilines is 1. The van der Waals surface area contributed by atoms with Gasteiger partial charge in [0, 0.05) is 24.3 Å². The molecule has 1 aromatic carbocycles. The summed E-state index contributed by atoms with van der Waals surface area (Å²) in [5, 5.41) is 3.21. The predicted octanol–water partition coefficient (Wildman–Crippen LogP) is 3.48. The Morgan fingerprint density at radius 1 is 1.44 bits per heavy atom. The minimum absolute atomic E-state index is 0.150. The molecule has 0 radical (unpaired) electrons. The normalized spacial score (nSPS) is 16.7. The Labute approximate surface area is 109 Å². The lowest BCUT2D eigenvalue weighted by Crippen LogP contribution is -2.29. The van der Waals surface area contributed by atoms with Crippen LogP contribution in [0.25, 0.3) is 0 Å². The SMILES string of the molecule is CCCN(c1ccc(F)cc1C(C)NC)C1CC1. The van der Waals surface area contributed by atoms with Crippen molar-refractivity contribution in [1.29, 1.82) is 0 Å². The Bertz CT molecular complexity index is 401. The Kier molecular flexibility index (Phi) is 4.23. The second kappa shape index (κ2) is 5.70. The molecule has 100 valence electrons. The number of hydrogen-bond acceptors (Lipinski definition) is 2. The fourth-order valence-corrected chi connectivity index (χ4v) is 2.42. The summed E-state index contributed by atoms with van der Waals surface area (Å²) >= 11 is 0. The molecule has 0 aliphatic heterocycles. The lowest BCUT2D eigenvalue weighted by atomic mass is 10.0. The van der Waals surface area contributed by atoms with E-state index in [1.54, 1.807) is 12.1 Å². The van der Waals surface area contributed by atoms with Gasteiger partial charge in [0.2, 0.25) is 0 Å². The molecular weight excluding hydrogens is 227 g/mol. The second-order valence-corrected chi connectivity index (χ2v) is 5.14. The van der Waals surface area contributed by atoms with Crippen LogP contribution in [-0.4, -0.2) is 19.6 Å². The van der Waals surface area contributed by atoms with E-state index >= 15 is 0 Å². The molecule has 1 aliphatic rings. The molecule has 2 nitrogen and oxygen atoms in total. The summed E-state index contributed by atoms with van der Waals surface area (Å²) in [5.74, 6) is -0.150. The van der Waals surface area contributed by atoms with Gasteiger partial charge >= 0.3 is 0 Å². The van der Waals surface area contributed by atoms with E-state index in [4.69, 9.17) is 0 Å². The van der Waals surface area contributed by atoms with Gasteiger partial charge in [0.25, 0.3) is 0 Å². The topological polar surface area (TPSA) is 15.3 Å². The molecule has 0 spiro atoms. The first-order chi connectivity index (χ1) is 8.67.